The number of hydrogen-bond acceptors (Lipinski definition) is 5. The molecule has 0 unspecified atom stereocenters. The highest BCUT2D eigenvalue weighted by atomic mass is 16.6. The summed E-state index contributed by atoms with van der Waals surface area (Å²) < 4.78 is 3.09. The molecule has 0 aliphatic heterocycles. The zero-order valence-electron chi connectivity index (χ0n) is 13.8. The zero-order chi connectivity index (χ0) is 18.5. The summed E-state index contributed by atoms with van der Waals surface area (Å²) in [7, 11) is 0. The summed E-state index contributed by atoms with van der Waals surface area (Å²) in [6.45, 7) is 0. The van der Waals surface area contributed by atoms with Crippen LogP contribution in [0.3, 0.4) is 0 Å². The summed E-state index contributed by atoms with van der Waals surface area (Å²) in [4.78, 5) is 32.7. The fourth-order valence-electron chi connectivity index (χ4n) is 3.33. The van der Waals surface area contributed by atoms with Gasteiger partial charge in [-0.25, -0.2) is 9.97 Å². The molecule has 0 atom stereocenters. The van der Waals surface area contributed by atoms with Gasteiger partial charge < -0.3 is 0 Å². The number of fused-ring (bicyclic) bond motifs is 5. The lowest BCUT2D eigenvalue weighted by molar-refractivity contribution is -0.384. The van der Waals surface area contributed by atoms with Gasteiger partial charge in [0.1, 0.15) is 5.69 Å². The highest BCUT2D eigenvalue weighted by Gasteiger charge is 2.17. The molecule has 0 bridgehead atoms. The van der Waals surface area contributed by atoms with Crippen molar-refractivity contribution in [2.75, 3.05) is 0 Å². The Kier molecular flexibility index (Phi) is 3.08. The largest absolute Gasteiger partial charge is 0.293 e. The summed E-state index contributed by atoms with van der Waals surface area (Å²) in [6, 6.07) is 15.5. The number of rotatable bonds is 2. The Hall–Kier alpha value is -4.07. The average molecular weight is 357 g/mol. The van der Waals surface area contributed by atoms with Crippen LogP contribution in [0.2, 0.25) is 0 Å². The van der Waals surface area contributed by atoms with Gasteiger partial charge in [-0.05, 0) is 24.3 Å². The molecule has 0 aliphatic rings. The second kappa shape index (κ2) is 5.46. The molecule has 27 heavy (non-hydrogen) atoms. The van der Waals surface area contributed by atoms with Crippen LogP contribution in [0, 0.1) is 10.1 Å². The molecule has 130 valence electrons. The van der Waals surface area contributed by atoms with Crippen LogP contribution < -0.4 is 5.56 Å². The van der Waals surface area contributed by atoms with E-state index in [0.29, 0.717) is 16.7 Å². The molecule has 0 radical (unpaired) electrons. The Bertz CT molecular complexity index is 1430. The van der Waals surface area contributed by atoms with E-state index in [0.717, 1.165) is 11.0 Å². The molecule has 0 spiro atoms. The molecule has 0 saturated heterocycles. The van der Waals surface area contributed by atoms with Crippen molar-refractivity contribution in [3.05, 3.63) is 87.5 Å². The molecule has 3 heterocycles. The predicted molar refractivity (Wildman–Crippen MR) is 100 cm³/mol. The van der Waals surface area contributed by atoms with Gasteiger partial charge in [-0.15, -0.1) is 0 Å². The molecule has 5 rings (SSSR count). The number of aromatic nitrogens is 4. The van der Waals surface area contributed by atoms with Crippen LogP contribution in [-0.2, 0) is 0 Å². The van der Waals surface area contributed by atoms with E-state index >= 15 is 0 Å². The van der Waals surface area contributed by atoms with Crippen LogP contribution in [-0.4, -0.2) is 23.9 Å². The standard InChI is InChI=1S/C19H11N5O3/c25-18-12-11-20-19-21-13-5-1-2-6-15(13)23(19)14(12)9-10-22(18)16-7-3-4-8-17(16)24(26)27/h1-11H. The molecule has 0 amide bonds. The molecule has 0 saturated carbocycles. The molecule has 5 aromatic rings. The van der Waals surface area contributed by atoms with Gasteiger partial charge in [0, 0.05) is 18.5 Å². The average Bonchev–Trinajstić information content (AvgIpc) is 3.07. The van der Waals surface area contributed by atoms with E-state index in [-0.39, 0.29) is 16.9 Å². The molecule has 8 heteroatoms. The predicted octanol–water partition coefficient (Wildman–Crippen LogP) is 3.09. The smallest absolute Gasteiger partial charge is 0.277 e. The van der Waals surface area contributed by atoms with E-state index < -0.39 is 4.92 Å². The van der Waals surface area contributed by atoms with Gasteiger partial charge in [-0.3, -0.25) is 23.9 Å². The van der Waals surface area contributed by atoms with E-state index in [1.807, 2.05) is 28.7 Å². The number of nitro benzene ring substituents is 1. The maximum absolute atomic E-state index is 13.1. The van der Waals surface area contributed by atoms with Crippen molar-refractivity contribution < 1.29 is 4.92 Å². The van der Waals surface area contributed by atoms with E-state index in [4.69, 9.17) is 0 Å². The number of para-hydroxylation sites is 4. The summed E-state index contributed by atoms with van der Waals surface area (Å²) in [5.41, 5.74) is 1.96. The molecule has 0 aliphatic carbocycles. The van der Waals surface area contributed by atoms with Gasteiger partial charge in [0.15, 0.2) is 0 Å². The summed E-state index contributed by atoms with van der Waals surface area (Å²) in [6.07, 6.45) is 3.01. The van der Waals surface area contributed by atoms with Gasteiger partial charge >= 0.3 is 0 Å². The third kappa shape index (κ3) is 2.13. The van der Waals surface area contributed by atoms with Gasteiger partial charge in [0.05, 0.1) is 26.9 Å². The van der Waals surface area contributed by atoms with Crippen molar-refractivity contribution in [2.45, 2.75) is 0 Å². The number of hydrogen-bond donors (Lipinski definition) is 0. The summed E-state index contributed by atoms with van der Waals surface area (Å²) in [5.74, 6) is 0.492. The van der Waals surface area contributed by atoms with Gasteiger partial charge in [0.2, 0.25) is 5.78 Å². The first-order valence-electron chi connectivity index (χ1n) is 8.16. The van der Waals surface area contributed by atoms with Crippen molar-refractivity contribution in [1.29, 1.82) is 0 Å². The highest BCUT2D eigenvalue weighted by molar-refractivity contribution is 5.88. The third-order valence-electron chi connectivity index (χ3n) is 4.54. The van der Waals surface area contributed by atoms with Crippen molar-refractivity contribution in [3.63, 3.8) is 0 Å². The van der Waals surface area contributed by atoms with Crippen molar-refractivity contribution >= 4 is 33.4 Å². The zero-order valence-corrected chi connectivity index (χ0v) is 13.8. The Morgan fingerprint density at radius 3 is 2.59 bits per heavy atom. The first-order valence-corrected chi connectivity index (χ1v) is 8.16. The summed E-state index contributed by atoms with van der Waals surface area (Å²) >= 11 is 0. The fraction of sp³-hybridized carbons (Fsp3) is 0. The normalized spacial score (nSPS) is 11.4. The number of imidazole rings is 1. The molecular formula is C19H11N5O3. The van der Waals surface area contributed by atoms with E-state index in [1.165, 1.54) is 16.8 Å². The number of benzene rings is 2. The monoisotopic (exact) mass is 357 g/mol. The summed E-state index contributed by atoms with van der Waals surface area (Å²) in [5, 5.41) is 11.7. The molecule has 0 N–H and O–H groups in total. The highest BCUT2D eigenvalue weighted by Crippen LogP contribution is 2.23. The second-order valence-corrected chi connectivity index (χ2v) is 6.03. The lowest BCUT2D eigenvalue weighted by Crippen LogP contribution is -2.19. The van der Waals surface area contributed by atoms with Crippen LogP contribution in [0.5, 0.6) is 0 Å². The van der Waals surface area contributed by atoms with Crippen LogP contribution >= 0.6 is 0 Å². The van der Waals surface area contributed by atoms with Gasteiger partial charge in [-0.1, -0.05) is 24.3 Å². The minimum absolute atomic E-state index is 0.138. The Balaban J connectivity index is 1.88. The van der Waals surface area contributed by atoms with Crippen LogP contribution in [0.4, 0.5) is 5.69 Å². The lowest BCUT2D eigenvalue weighted by atomic mass is 10.2. The van der Waals surface area contributed by atoms with Crippen molar-refractivity contribution in [3.8, 4) is 5.69 Å². The molecular weight excluding hydrogens is 346 g/mol. The minimum Gasteiger partial charge on any atom is -0.277 e. The fourth-order valence-corrected chi connectivity index (χ4v) is 3.33. The first kappa shape index (κ1) is 15.2. The number of pyridine rings is 1. The third-order valence-corrected chi connectivity index (χ3v) is 4.54. The molecule has 0 fully saturated rings. The molecule has 3 aromatic heterocycles. The lowest BCUT2D eigenvalue weighted by Gasteiger charge is -2.09. The molecule has 2 aromatic carbocycles. The quantitative estimate of drug-likeness (QED) is 0.357. The maximum Gasteiger partial charge on any atom is 0.293 e. The van der Waals surface area contributed by atoms with Crippen LogP contribution in [0.25, 0.3) is 33.4 Å². The van der Waals surface area contributed by atoms with Gasteiger partial charge in [0.25, 0.3) is 11.2 Å². The van der Waals surface area contributed by atoms with Crippen molar-refractivity contribution in [1.82, 2.24) is 18.9 Å². The molecule has 8 nitrogen and oxygen atoms in total. The SMILES string of the molecule is O=c1c2cnc3nc4ccccc4n3c2ccn1-c1ccccc1[N+](=O)[O-]. The Morgan fingerprint density at radius 2 is 1.74 bits per heavy atom. The van der Waals surface area contributed by atoms with E-state index in [2.05, 4.69) is 9.97 Å². The van der Waals surface area contributed by atoms with Crippen LogP contribution in [0.1, 0.15) is 0 Å². The minimum atomic E-state index is -0.503. The Labute approximate surface area is 151 Å². The second-order valence-electron chi connectivity index (χ2n) is 6.03. The topological polar surface area (TPSA) is 95.3 Å². The van der Waals surface area contributed by atoms with Crippen molar-refractivity contribution in [2.24, 2.45) is 0 Å². The van der Waals surface area contributed by atoms with E-state index in [1.54, 1.807) is 30.5 Å². The Morgan fingerprint density at radius 1 is 0.963 bits per heavy atom. The van der Waals surface area contributed by atoms with E-state index in [9.17, 15) is 14.9 Å². The first-order chi connectivity index (χ1) is 13.1. The number of nitrogens with zero attached hydrogens (tertiary/aromatic N) is 5. The number of nitro groups is 1. The maximum atomic E-state index is 13.1. The van der Waals surface area contributed by atoms with Crippen LogP contribution in [0.15, 0.2) is 71.8 Å². The van der Waals surface area contributed by atoms with Gasteiger partial charge in [-0.2, -0.15) is 0 Å².